The van der Waals surface area contributed by atoms with Gasteiger partial charge in [-0.1, -0.05) is 47.6 Å². The van der Waals surface area contributed by atoms with Crippen molar-refractivity contribution in [1.29, 1.82) is 0 Å². The van der Waals surface area contributed by atoms with Crippen LogP contribution in [0.1, 0.15) is 55.4 Å². The molecular weight excluding hydrogens is 234 g/mol. The fourth-order valence-corrected chi connectivity index (χ4v) is 2.23. The van der Waals surface area contributed by atoms with Crippen LogP contribution in [-0.2, 0) is 4.79 Å². The van der Waals surface area contributed by atoms with Crippen molar-refractivity contribution in [2.45, 2.75) is 61.4 Å². The van der Waals surface area contributed by atoms with Crippen LogP contribution in [0.3, 0.4) is 0 Å². The van der Waals surface area contributed by atoms with Crippen LogP contribution >= 0.6 is 0 Å². The number of amides is 1. The van der Waals surface area contributed by atoms with E-state index in [1.54, 1.807) is 6.08 Å². The van der Waals surface area contributed by atoms with E-state index >= 15 is 0 Å². The highest BCUT2D eigenvalue weighted by molar-refractivity contribution is 5.89. The summed E-state index contributed by atoms with van der Waals surface area (Å²) in [5, 5.41) is 0. The van der Waals surface area contributed by atoms with Gasteiger partial charge in [0.05, 0.1) is 0 Å². The van der Waals surface area contributed by atoms with E-state index in [0.717, 1.165) is 6.54 Å². The van der Waals surface area contributed by atoms with Gasteiger partial charge in [-0.25, -0.2) is 0 Å². The second kappa shape index (κ2) is 8.19. The van der Waals surface area contributed by atoms with Gasteiger partial charge < -0.3 is 4.90 Å². The van der Waals surface area contributed by atoms with E-state index < -0.39 is 0 Å². The molecule has 0 aromatic heterocycles. The van der Waals surface area contributed by atoms with Crippen molar-refractivity contribution in [2.75, 3.05) is 6.54 Å². The van der Waals surface area contributed by atoms with Crippen molar-refractivity contribution >= 4 is 5.91 Å². The van der Waals surface area contributed by atoms with Crippen molar-refractivity contribution in [3.8, 4) is 0 Å². The second-order valence-electron chi connectivity index (χ2n) is 5.68. The van der Waals surface area contributed by atoms with Crippen molar-refractivity contribution in [3.05, 3.63) is 23.3 Å². The SMILES string of the molecule is CC.CC(C)C1=C(C(C)C)CN(C(C)C)C(=O)C=C1. The molecule has 1 aliphatic heterocycles. The van der Waals surface area contributed by atoms with Crippen LogP contribution in [0.15, 0.2) is 23.3 Å². The van der Waals surface area contributed by atoms with Crippen LogP contribution in [0.2, 0.25) is 0 Å². The van der Waals surface area contributed by atoms with E-state index in [1.807, 2.05) is 24.8 Å². The van der Waals surface area contributed by atoms with Crippen LogP contribution in [0, 0.1) is 11.8 Å². The standard InChI is InChI=1S/C15H25NO.C2H6/c1-10(2)13-7-8-15(17)16(12(5)6)9-14(13)11(3)4;1-2/h7-8,10-12H,9H2,1-6H3;1-2H3. The number of carbonyl (C=O) groups excluding carboxylic acids is 1. The lowest BCUT2D eigenvalue weighted by molar-refractivity contribution is -0.127. The second-order valence-corrected chi connectivity index (χ2v) is 5.68. The van der Waals surface area contributed by atoms with E-state index in [2.05, 4.69) is 41.5 Å². The molecule has 2 nitrogen and oxygen atoms in total. The summed E-state index contributed by atoms with van der Waals surface area (Å²) in [7, 11) is 0. The molecule has 1 heterocycles. The number of carbonyl (C=O) groups is 1. The molecule has 0 aromatic rings. The highest BCUT2D eigenvalue weighted by atomic mass is 16.2. The molecule has 0 atom stereocenters. The van der Waals surface area contributed by atoms with Gasteiger partial charge in [0, 0.05) is 18.7 Å². The summed E-state index contributed by atoms with van der Waals surface area (Å²) in [6.07, 6.45) is 3.75. The summed E-state index contributed by atoms with van der Waals surface area (Å²) < 4.78 is 0. The monoisotopic (exact) mass is 265 g/mol. The first-order chi connectivity index (χ1) is 8.84. The fourth-order valence-electron chi connectivity index (χ4n) is 2.23. The van der Waals surface area contributed by atoms with Crippen molar-refractivity contribution in [3.63, 3.8) is 0 Å². The molecule has 0 saturated carbocycles. The number of allylic oxidation sites excluding steroid dienone is 2. The topological polar surface area (TPSA) is 20.3 Å². The molecule has 0 aromatic carbocycles. The van der Waals surface area contributed by atoms with E-state index in [1.165, 1.54) is 11.1 Å². The third-order valence-electron chi connectivity index (χ3n) is 3.34. The molecule has 0 aliphatic carbocycles. The number of hydrogen-bond acceptors (Lipinski definition) is 1. The molecule has 1 amide bonds. The Hall–Kier alpha value is -1.05. The zero-order chi connectivity index (χ0) is 15.2. The van der Waals surface area contributed by atoms with Gasteiger partial charge in [0.15, 0.2) is 0 Å². The zero-order valence-electron chi connectivity index (χ0n) is 13.9. The molecule has 0 bridgehead atoms. The molecule has 0 fully saturated rings. The summed E-state index contributed by atoms with van der Waals surface area (Å²) >= 11 is 0. The Morgan fingerprint density at radius 1 is 0.947 bits per heavy atom. The predicted molar refractivity (Wildman–Crippen MR) is 84.0 cm³/mol. The van der Waals surface area contributed by atoms with Gasteiger partial charge in [0.2, 0.25) is 5.91 Å². The molecule has 1 rings (SSSR count). The maximum Gasteiger partial charge on any atom is 0.247 e. The van der Waals surface area contributed by atoms with Crippen LogP contribution in [-0.4, -0.2) is 23.4 Å². The van der Waals surface area contributed by atoms with Gasteiger partial charge in [0.1, 0.15) is 0 Å². The lowest BCUT2D eigenvalue weighted by Gasteiger charge is -2.28. The summed E-state index contributed by atoms with van der Waals surface area (Å²) in [4.78, 5) is 14.0. The van der Waals surface area contributed by atoms with Crippen molar-refractivity contribution in [2.24, 2.45) is 11.8 Å². The zero-order valence-corrected chi connectivity index (χ0v) is 13.9. The van der Waals surface area contributed by atoms with E-state index in [4.69, 9.17) is 0 Å². The molecule has 0 N–H and O–H groups in total. The Morgan fingerprint density at radius 2 is 1.47 bits per heavy atom. The minimum absolute atomic E-state index is 0.133. The summed E-state index contributed by atoms with van der Waals surface area (Å²) in [5.74, 6) is 1.10. The Balaban J connectivity index is 0.00000154. The molecule has 1 aliphatic rings. The van der Waals surface area contributed by atoms with Gasteiger partial charge in [0.25, 0.3) is 0 Å². The Labute approximate surface area is 119 Å². The van der Waals surface area contributed by atoms with Crippen LogP contribution in [0.4, 0.5) is 0 Å². The van der Waals surface area contributed by atoms with Gasteiger partial charge in [-0.05, 0) is 36.8 Å². The van der Waals surface area contributed by atoms with Crippen molar-refractivity contribution in [1.82, 2.24) is 4.90 Å². The summed E-state index contributed by atoms with van der Waals surface area (Å²) in [6.45, 7) is 17.7. The average molecular weight is 265 g/mol. The number of nitrogens with zero attached hydrogens (tertiary/aromatic N) is 1. The highest BCUT2D eigenvalue weighted by Crippen LogP contribution is 2.26. The molecule has 0 spiro atoms. The third-order valence-corrected chi connectivity index (χ3v) is 3.34. The first-order valence-electron chi connectivity index (χ1n) is 7.56. The molecule has 2 heteroatoms. The predicted octanol–water partition coefficient (Wildman–Crippen LogP) is 4.43. The summed E-state index contributed by atoms with van der Waals surface area (Å²) in [6, 6.07) is 0.257. The first kappa shape index (κ1) is 17.9. The van der Waals surface area contributed by atoms with E-state index in [0.29, 0.717) is 11.8 Å². The highest BCUT2D eigenvalue weighted by Gasteiger charge is 2.23. The van der Waals surface area contributed by atoms with Gasteiger partial charge in [-0.3, -0.25) is 4.79 Å². The molecular formula is C17H31NO. The molecule has 19 heavy (non-hydrogen) atoms. The summed E-state index contributed by atoms with van der Waals surface area (Å²) in [5.41, 5.74) is 2.73. The molecule has 0 saturated heterocycles. The van der Waals surface area contributed by atoms with E-state index in [9.17, 15) is 4.79 Å². The average Bonchev–Trinajstić information content (AvgIpc) is 2.51. The molecule has 0 radical (unpaired) electrons. The normalized spacial score (nSPS) is 16.2. The minimum Gasteiger partial charge on any atom is -0.333 e. The lowest BCUT2D eigenvalue weighted by Crippen LogP contribution is -2.37. The Bertz CT molecular complexity index is 348. The third kappa shape index (κ3) is 4.85. The van der Waals surface area contributed by atoms with Crippen LogP contribution in [0.25, 0.3) is 0 Å². The van der Waals surface area contributed by atoms with Gasteiger partial charge in [-0.15, -0.1) is 0 Å². The van der Waals surface area contributed by atoms with Crippen LogP contribution in [0.5, 0.6) is 0 Å². The lowest BCUT2D eigenvalue weighted by atomic mass is 9.90. The largest absolute Gasteiger partial charge is 0.333 e. The van der Waals surface area contributed by atoms with Gasteiger partial charge in [-0.2, -0.15) is 0 Å². The molecule has 0 unspecified atom stereocenters. The van der Waals surface area contributed by atoms with Crippen LogP contribution < -0.4 is 0 Å². The quantitative estimate of drug-likeness (QED) is 0.739. The maximum atomic E-state index is 12.0. The van der Waals surface area contributed by atoms with E-state index in [-0.39, 0.29) is 11.9 Å². The minimum atomic E-state index is 0.133. The number of rotatable bonds is 3. The number of hydrogen-bond donors (Lipinski definition) is 0. The smallest absolute Gasteiger partial charge is 0.247 e. The van der Waals surface area contributed by atoms with Crippen molar-refractivity contribution < 1.29 is 4.79 Å². The Kier molecular flexibility index (Phi) is 7.73. The Morgan fingerprint density at radius 3 is 1.84 bits per heavy atom. The first-order valence-corrected chi connectivity index (χ1v) is 7.56. The maximum absolute atomic E-state index is 12.0. The molecule has 110 valence electrons. The van der Waals surface area contributed by atoms with Gasteiger partial charge >= 0.3 is 0 Å². The fraction of sp³-hybridized carbons (Fsp3) is 0.706.